The lowest BCUT2D eigenvalue weighted by Crippen LogP contribution is -2.54. The van der Waals surface area contributed by atoms with Gasteiger partial charge in [0.05, 0.1) is 18.8 Å². The van der Waals surface area contributed by atoms with Gasteiger partial charge in [-0.15, -0.1) is 0 Å². The van der Waals surface area contributed by atoms with Gasteiger partial charge in [-0.2, -0.15) is 0 Å². The minimum absolute atomic E-state index is 0.137. The Labute approximate surface area is 143 Å². The van der Waals surface area contributed by atoms with Crippen molar-refractivity contribution in [3.05, 3.63) is 35.9 Å². The molecule has 0 heterocycles. The van der Waals surface area contributed by atoms with Gasteiger partial charge in [-0.1, -0.05) is 77.3 Å². The fourth-order valence-corrected chi connectivity index (χ4v) is 2.83. The molecule has 0 spiro atoms. The highest BCUT2D eigenvalue weighted by atomic mass is 16.5. The maximum Gasteiger partial charge on any atom is 0.0751 e. The van der Waals surface area contributed by atoms with Crippen molar-refractivity contribution >= 4 is 0 Å². The number of rotatable bonds is 10. The van der Waals surface area contributed by atoms with Crippen molar-refractivity contribution in [1.82, 2.24) is 10.4 Å². The zero-order valence-electron chi connectivity index (χ0n) is 15.9. The summed E-state index contributed by atoms with van der Waals surface area (Å²) in [7, 11) is 4.11. The summed E-state index contributed by atoms with van der Waals surface area (Å²) in [5.41, 5.74) is 4.97. The summed E-state index contributed by atoms with van der Waals surface area (Å²) >= 11 is 0. The van der Waals surface area contributed by atoms with Crippen molar-refractivity contribution in [1.29, 1.82) is 0 Å². The Morgan fingerprint density at radius 2 is 1.74 bits per heavy atom. The first kappa shape index (κ1) is 20.1. The number of hydrogen-bond donors (Lipinski definition) is 1. The second kappa shape index (κ2) is 10.1. The number of hydrogen-bond acceptors (Lipinski definition) is 3. The molecule has 0 bridgehead atoms. The van der Waals surface area contributed by atoms with Crippen LogP contribution in [0, 0.1) is 5.41 Å². The molecule has 0 saturated carbocycles. The van der Waals surface area contributed by atoms with E-state index in [4.69, 9.17) is 4.74 Å². The van der Waals surface area contributed by atoms with Crippen LogP contribution in [0.3, 0.4) is 0 Å². The molecular formula is C20H36N2O. The lowest BCUT2D eigenvalue weighted by atomic mass is 9.82. The normalized spacial score (nSPS) is 14.9. The molecule has 132 valence electrons. The monoisotopic (exact) mass is 320 g/mol. The number of nitrogens with one attached hydrogen (secondary N) is 1. The van der Waals surface area contributed by atoms with Crippen molar-refractivity contribution in [3.8, 4) is 0 Å². The maximum atomic E-state index is 6.38. The Kier molecular flexibility index (Phi) is 8.82. The molecule has 3 heteroatoms. The predicted molar refractivity (Wildman–Crippen MR) is 99.2 cm³/mol. The SMILES string of the molecule is CCCCC[C@H](OCc1ccccc1)[C@@H](NN(C)C)C(C)(C)C. The molecule has 1 rings (SSSR count). The van der Waals surface area contributed by atoms with E-state index in [1.165, 1.54) is 24.8 Å². The Bertz CT molecular complexity index is 411. The van der Waals surface area contributed by atoms with E-state index in [9.17, 15) is 0 Å². The first-order valence-electron chi connectivity index (χ1n) is 8.93. The van der Waals surface area contributed by atoms with Crippen LogP contribution in [-0.4, -0.2) is 31.3 Å². The van der Waals surface area contributed by atoms with E-state index >= 15 is 0 Å². The third kappa shape index (κ3) is 7.96. The van der Waals surface area contributed by atoms with Crippen molar-refractivity contribution in [2.75, 3.05) is 14.1 Å². The molecule has 0 fully saturated rings. The highest BCUT2D eigenvalue weighted by molar-refractivity contribution is 5.13. The van der Waals surface area contributed by atoms with E-state index in [2.05, 4.69) is 76.5 Å². The Balaban J connectivity index is 2.78. The van der Waals surface area contributed by atoms with Gasteiger partial charge in [0.15, 0.2) is 0 Å². The van der Waals surface area contributed by atoms with Gasteiger partial charge in [0, 0.05) is 14.1 Å². The van der Waals surface area contributed by atoms with Gasteiger partial charge in [0.25, 0.3) is 0 Å². The Morgan fingerprint density at radius 3 is 2.26 bits per heavy atom. The maximum absolute atomic E-state index is 6.38. The van der Waals surface area contributed by atoms with Crippen molar-refractivity contribution in [3.63, 3.8) is 0 Å². The lowest BCUT2D eigenvalue weighted by molar-refractivity contribution is -0.0384. The van der Waals surface area contributed by atoms with E-state index < -0.39 is 0 Å². The fraction of sp³-hybridized carbons (Fsp3) is 0.700. The van der Waals surface area contributed by atoms with Gasteiger partial charge in [-0.3, -0.25) is 5.01 Å². The molecule has 1 N–H and O–H groups in total. The summed E-state index contributed by atoms with van der Waals surface area (Å²) in [5, 5.41) is 2.05. The molecule has 0 radical (unpaired) electrons. The highest BCUT2D eigenvalue weighted by Gasteiger charge is 2.33. The number of unbranched alkanes of at least 4 members (excludes halogenated alkanes) is 2. The summed E-state index contributed by atoms with van der Waals surface area (Å²) in [4.78, 5) is 0. The predicted octanol–water partition coefficient (Wildman–Crippen LogP) is 4.63. The number of ether oxygens (including phenoxy) is 1. The Hall–Kier alpha value is -0.900. The standard InChI is InChI=1S/C20H36N2O/c1-7-8-10-15-18(19(20(2,3)4)21-22(5)6)23-16-17-13-11-9-12-14-17/h9,11-14,18-19,21H,7-8,10,15-16H2,1-6H3/t18-,19+/m0/s1. The fourth-order valence-electron chi connectivity index (χ4n) is 2.83. The zero-order valence-corrected chi connectivity index (χ0v) is 15.9. The van der Waals surface area contributed by atoms with Crippen LogP contribution in [0.4, 0.5) is 0 Å². The van der Waals surface area contributed by atoms with Crippen LogP contribution >= 0.6 is 0 Å². The van der Waals surface area contributed by atoms with Crippen LogP contribution in [-0.2, 0) is 11.3 Å². The Morgan fingerprint density at radius 1 is 1.09 bits per heavy atom. The summed E-state index contributed by atoms with van der Waals surface area (Å²) < 4.78 is 6.38. The smallest absolute Gasteiger partial charge is 0.0751 e. The second-order valence-corrected chi connectivity index (χ2v) is 7.70. The summed E-state index contributed by atoms with van der Waals surface area (Å²) in [5.74, 6) is 0. The molecule has 0 unspecified atom stereocenters. The third-order valence-electron chi connectivity index (χ3n) is 4.10. The molecule has 0 amide bonds. The number of nitrogens with zero attached hydrogens (tertiary/aromatic N) is 1. The van der Waals surface area contributed by atoms with Crippen LogP contribution in [0.15, 0.2) is 30.3 Å². The van der Waals surface area contributed by atoms with Crippen molar-refractivity contribution < 1.29 is 4.74 Å². The largest absolute Gasteiger partial charge is 0.372 e. The van der Waals surface area contributed by atoms with Crippen LogP contribution in [0.25, 0.3) is 0 Å². The van der Waals surface area contributed by atoms with E-state index in [0.29, 0.717) is 6.61 Å². The van der Waals surface area contributed by atoms with Gasteiger partial charge >= 0.3 is 0 Å². The quantitative estimate of drug-likeness (QED) is 0.502. The first-order chi connectivity index (χ1) is 10.8. The molecule has 23 heavy (non-hydrogen) atoms. The minimum Gasteiger partial charge on any atom is -0.372 e. The summed E-state index contributed by atoms with van der Waals surface area (Å²) in [6.07, 6.45) is 5.04. The topological polar surface area (TPSA) is 24.5 Å². The van der Waals surface area contributed by atoms with E-state index in [1.54, 1.807) is 0 Å². The molecule has 3 nitrogen and oxygen atoms in total. The molecule has 0 aromatic heterocycles. The summed E-state index contributed by atoms with van der Waals surface area (Å²) in [6, 6.07) is 10.8. The van der Waals surface area contributed by atoms with E-state index in [-0.39, 0.29) is 17.6 Å². The number of hydrazine groups is 1. The third-order valence-corrected chi connectivity index (χ3v) is 4.10. The molecule has 2 atom stereocenters. The molecule has 1 aromatic carbocycles. The van der Waals surface area contributed by atoms with Crippen LogP contribution < -0.4 is 5.43 Å². The molecule has 1 aromatic rings. The minimum atomic E-state index is 0.137. The molecule has 0 aliphatic heterocycles. The van der Waals surface area contributed by atoms with Crippen LogP contribution in [0.2, 0.25) is 0 Å². The zero-order chi connectivity index (χ0) is 17.3. The van der Waals surface area contributed by atoms with Crippen molar-refractivity contribution in [2.45, 2.75) is 72.1 Å². The lowest BCUT2D eigenvalue weighted by Gasteiger charge is -2.39. The second-order valence-electron chi connectivity index (χ2n) is 7.70. The van der Waals surface area contributed by atoms with E-state index in [1.807, 2.05) is 6.07 Å². The van der Waals surface area contributed by atoms with Crippen LogP contribution in [0.1, 0.15) is 58.9 Å². The number of benzene rings is 1. The summed E-state index contributed by atoms with van der Waals surface area (Å²) in [6.45, 7) is 9.78. The first-order valence-corrected chi connectivity index (χ1v) is 8.93. The molecule has 0 aliphatic rings. The van der Waals surface area contributed by atoms with Gasteiger partial charge in [0.1, 0.15) is 0 Å². The van der Waals surface area contributed by atoms with Gasteiger partial charge in [-0.05, 0) is 17.4 Å². The van der Waals surface area contributed by atoms with E-state index in [0.717, 1.165) is 6.42 Å². The van der Waals surface area contributed by atoms with Gasteiger partial charge in [-0.25, -0.2) is 5.43 Å². The average molecular weight is 321 g/mol. The average Bonchev–Trinajstić information content (AvgIpc) is 2.48. The van der Waals surface area contributed by atoms with Gasteiger partial charge < -0.3 is 4.74 Å². The van der Waals surface area contributed by atoms with Crippen LogP contribution in [0.5, 0.6) is 0 Å². The molecule has 0 saturated heterocycles. The molecule has 0 aliphatic carbocycles. The molecular weight excluding hydrogens is 284 g/mol. The highest BCUT2D eigenvalue weighted by Crippen LogP contribution is 2.27. The van der Waals surface area contributed by atoms with Crippen molar-refractivity contribution in [2.24, 2.45) is 5.41 Å². The van der Waals surface area contributed by atoms with Gasteiger partial charge in [0.2, 0.25) is 0 Å².